The average molecular weight is 295 g/mol. The number of rotatable bonds is 3. The summed E-state index contributed by atoms with van der Waals surface area (Å²) in [5.74, 6) is 1.50. The van der Waals surface area contributed by atoms with E-state index in [1.54, 1.807) is 6.07 Å². The highest BCUT2D eigenvalue weighted by atomic mass is 16.5. The van der Waals surface area contributed by atoms with E-state index >= 15 is 0 Å². The number of carbonyl (C=O) groups is 1. The van der Waals surface area contributed by atoms with Crippen LogP contribution >= 0.6 is 0 Å². The molecule has 1 heterocycles. The second kappa shape index (κ2) is 6.47. The number of urea groups is 1. The molecule has 1 aromatic rings. The van der Waals surface area contributed by atoms with Gasteiger partial charge in [0.1, 0.15) is 5.76 Å². The van der Waals surface area contributed by atoms with Crippen molar-refractivity contribution in [2.75, 3.05) is 11.9 Å². The number of carbonyl (C=O) groups excluding carboxylic acids is 1. The van der Waals surface area contributed by atoms with E-state index in [1.807, 2.05) is 20.8 Å². The number of aliphatic hydroxyl groups is 1. The van der Waals surface area contributed by atoms with E-state index < -0.39 is 0 Å². The van der Waals surface area contributed by atoms with Crippen LogP contribution in [-0.4, -0.2) is 28.9 Å². The lowest BCUT2D eigenvalue weighted by atomic mass is 9.87. The molecular formula is C15H25N3O3. The first-order valence-electron chi connectivity index (χ1n) is 7.54. The molecule has 118 valence electrons. The molecule has 0 spiro atoms. The number of anilines is 1. The molecule has 0 aliphatic heterocycles. The predicted molar refractivity (Wildman–Crippen MR) is 80.2 cm³/mol. The highest BCUT2D eigenvalue weighted by molar-refractivity contribution is 5.88. The Morgan fingerprint density at radius 1 is 1.48 bits per heavy atom. The number of hydrogen-bond acceptors (Lipinski definition) is 4. The van der Waals surface area contributed by atoms with Gasteiger partial charge in [0.15, 0.2) is 5.82 Å². The summed E-state index contributed by atoms with van der Waals surface area (Å²) < 4.78 is 5.21. The van der Waals surface area contributed by atoms with Crippen LogP contribution in [0.4, 0.5) is 10.6 Å². The van der Waals surface area contributed by atoms with Crippen LogP contribution in [0, 0.1) is 5.92 Å². The normalized spacial score (nSPS) is 22.9. The number of nitrogens with one attached hydrogen (secondary N) is 2. The molecule has 0 bridgehead atoms. The van der Waals surface area contributed by atoms with Gasteiger partial charge in [-0.1, -0.05) is 32.3 Å². The summed E-state index contributed by atoms with van der Waals surface area (Å²) in [6, 6.07) is 1.45. The molecule has 2 rings (SSSR count). The van der Waals surface area contributed by atoms with Crippen molar-refractivity contribution in [1.29, 1.82) is 0 Å². The van der Waals surface area contributed by atoms with Crippen LogP contribution in [0.15, 0.2) is 10.6 Å². The minimum atomic E-state index is -0.288. The number of nitrogens with zero attached hydrogens (tertiary/aromatic N) is 1. The molecule has 0 radical (unpaired) electrons. The second-order valence-electron chi connectivity index (χ2n) is 6.85. The number of hydrogen-bond donors (Lipinski definition) is 3. The van der Waals surface area contributed by atoms with Gasteiger partial charge in [0.2, 0.25) is 0 Å². The Morgan fingerprint density at radius 2 is 2.24 bits per heavy atom. The van der Waals surface area contributed by atoms with Gasteiger partial charge in [0.05, 0.1) is 6.10 Å². The molecule has 21 heavy (non-hydrogen) atoms. The fourth-order valence-corrected chi connectivity index (χ4v) is 2.53. The van der Waals surface area contributed by atoms with Gasteiger partial charge in [-0.15, -0.1) is 0 Å². The molecular weight excluding hydrogens is 270 g/mol. The van der Waals surface area contributed by atoms with Crippen LogP contribution in [0.2, 0.25) is 0 Å². The van der Waals surface area contributed by atoms with E-state index in [4.69, 9.17) is 4.52 Å². The van der Waals surface area contributed by atoms with Crippen molar-refractivity contribution in [3.8, 4) is 0 Å². The lowest BCUT2D eigenvalue weighted by Crippen LogP contribution is -2.35. The zero-order valence-corrected chi connectivity index (χ0v) is 13.0. The highest BCUT2D eigenvalue weighted by Gasteiger charge is 2.22. The monoisotopic (exact) mass is 295 g/mol. The van der Waals surface area contributed by atoms with E-state index in [-0.39, 0.29) is 17.6 Å². The topological polar surface area (TPSA) is 87.4 Å². The molecule has 2 amide bonds. The average Bonchev–Trinajstić information content (AvgIpc) is 2.85. The Labute approximate surface area is 125 Å². The van der Waals surface area contributed by atoms with Gasteiger partial charge < -0.3 is 14.9 Å². The summed E-state index contributed by atoms with van der Waals surface area (Å²) in [4.78, 5) is 11.8. The van der Waals surface area contributed by atoms with Gasteiger partial charge in [-0.05, 0) is 25.2 Å². The smallest absolute Gasteiger partial charge is 0.320 e. The summed E-state index contributed by atoms with van der Waals surface area (Å²) in [7, 11) is 0. The summed E-state index contributed by atoms with van der Waals surface area (Å²) in [6.07, 6.45) is 3.48. The third-order valence-electron chi connectivity index (χ3n) is 3.80. The molecule has 6 nitrogen and oxygen atoms in total. The van der Waals surface area contributed by atoms with Crippen molar-refractivity contribution >= 4 is 11.8 Å². The summed E-state index contributed by atoms with van der Waals surface area (Å²) in [6.45, 7) is 6.64. The maximum Gasteiger partial charge on any atom is 0.320 e. The highest BCUT2D eigenvalue weighted by Crippen LogP contribution is 2.25. The second-order valence-corrected chi connectivity index (χ2v) is 6.85. The maximum absolute atomic E-state index is 11.8. The van der Waals surface area contributed by atoms with Gasteiger partial charge in [0.25, 0.3) is 0 Å². The predicted octanol–water partition coefficient (Wildman–Crippen LogP) is 2.64. The number of amides is 2. The van der Waals surface area contributed by atoms with Gasteiger partial charge in [0, 0.05) is 18.0 Å². The lowest BCUT2D eigenvalue weighted by molar-refractivity contribution is 0.101. The lowest BCUT2D eigenvalue weighted by Gasteiger charge is -2.25. The van der Waals surface area contributed by atoms with E-state index in [0.29, 0.717) is 18.3 Å². The number of aromatic nitrogens is 1. The number of aliphatic hydroxyl groups excluding tert-OH is 1. The molecule has 1 aromatic heterocycles. The van der Waals surface area contributed by atoms with Crippen LogP contribution in [0.3, 0.4) is 0 Å². The standard InChI is InChI=1S/C15H25N3O3/c1-15(2,3)12-8-13(18-21-12)17-14(20)16-9-10-5-4-6-11(19)7-10/h8,10-11,19H,4-7,9H2,1-3H3,(H2,16,17,18,20). The van der Waals surface area contributed by atoms with Crippen LogP contribution in [0.1, 0.15) is 52.2 Å². The fourth-order valence-electron chi connectivity index (χ4n) is 2.53. The van der Waals surface area contributed by atoms with Crippen LogP contribution in [-0.2, 0) is 5.41 Å². The Hall–Kier alpha value is -1.56. The Balaban J connectivity index is 1.78. The molecule has 0 aromatic carbocycles. The molecule has 1 aliphatic rings. The van der Waals surface area contributed by atoms with Crippen LogP contribution < -0.4 is 10.6 Å². The largest absolute Gasteiger partial charge is 0.393 e. The zero-order chi connectivity index (χ0) is 15.5. The van der Waals surface area contributed by atoms with Crippen LogP contribution in [0.25, 0.3) is 0 Å². The molecule has 0 saturated heterocycles. The Morgan fingerprint density at radius 3 is 2.86 bits per heavy atom. The van der Waals surface area contributed by atoms with Gasteiger partial charge in [-0.3, -0.25) is 5.32 Å². The fraction of sp³-hybridized carbons (Fsp3) is 0.733. The van der Waals surface area contributed by atoms with Crippen LogP contribution in [0.5, 0.6) is 0 Å². The van der Waals surface area contributed by atoms with Crippen molar-refractivity contribution in [3.05, 3.63) is 11.8 Å². The van der Waals surface area contributed by atoms with Crippen molar-refractivity contribution in [1.82, 2.24) is 10.5 Å². The minimum Gasteiger partial charge on any atom is -0.393 e. The first-order chi connectivity index (χ1) is 9.84. The minimum absolute atomic E-state index is 0.137. The molecule has 2 atom stereocenters. The van der Waals surface area contributed by atoms with Gasteiger partial charge in [-0.2, -0.15) is 0 Å². The molecule has 1 aliphatic carbocycles. The van der Waals surface area contributed by atoms with Crippen molar-refractivity contribution in [2.24, 2.45) is 5.92 Å². The Bertz CT molecular complexity index is 479. The van der Waals surface area contributed by atoms with E-state index in [9.17, 15) is 9.90 Å². The van der Waals surface area contributed by atoms with Gasteiger partial charge >= 0.3 is 6.03 Å². The van der Waals surface area contributed by atoms with E-state index in [2.05, 4.69) is 15.8 Å². The molecule has 6 heteroatoms. The maximum atomic E-state index is 11.8. The third-order valence-corrected chi connectivity index (χ3v) is 3.80. The summed E-state index contributed by atoms with van der Waals surface area (Å²) in [5.41, 5.74) is -0.137. The molecule has 3 N–H and O–H groups in total. The molecule has 1 saturated carbocycles. The SMILES string of the molecule is CC(C)(C)c1cc(NC(=O)NCC2CCCC(O)C2)no1. The Kier molecular flexibility index (Phi) is 4.88. The summed E-state index contributed by atoms with van der Waals surface area (Å²) in [5, 5.41) is 18.9. The van der Waals surface area contributed by atoms with E-state index in [0.717, 1.165) is 31.4 Å². The van der Waals surface area contributed by atoms with Crippen molar-refractivity contribution in [2.45, 2.75) is 58.0 Å². The molecule has 1 fully saturated rings. The first-order valence-corrected chi connectivity index (χ1v) is 7.54. The first kappa shape index (κ1) is 15.8. The molecule has 2 unspecified atom stereocenters. The zero-order valence-electron chi connectivity index (χ0n) is 13.0. The van der Waals surface area contributed by atoms with Crippen molar-refractivity contribution < 1.29 is 14.4 Å². The van der Waals surface area contributed by atoms with Crippen molar-refractivity contribution in [3.63, 3.8) is 0 Å². The quantitative estimate of drug-likeness (QED) is 0.800. The van der Waals surface area contributed by atoms with Gasteiger partial charge in [-0.25, -0.2) is 4.79 Å². The third kappa shape index (κ3) is 4.74. The van der Waals surface area contributed by atoms with E-state index in [1.165, 1.54) is 0 Å². The summed E-state index contributed by atoms with van der Waals surface area (Å²) >= 11 is 0.